The molecule has 0 spiro atoms. The Bertz CT molecular complexity index is 2230. The molecule has 0 bridgehead atoms. The summed E-state index contributed by atoms with van der Waals surface area (Å²) in [7, 11) is 0. The molecule has 0 atom stereocenters. The zero-order valence-corrected chi connectivity index (χ0v) is 30.4. The fourth-order valence-corrected chi connectivity index (χ4v) is 8.36. The topological polar surface area (TPSA) is 119 Å². The van der Waals surface area contributed by atoms with E-state index in [1.807, 2.05) is 156 Å². The van der Waals surface area contributed by atoms with Gasteiger partial charge in [0.25, 0.3) is 0 Å². The van der Waals surface area contributed by atoms with Gasteiger partial charge in [-0.25, -0.2) is 0 Å². The zero-order valence-electron chi connectivity index (χ0n) is 28.8. The van der Waals surface area contributed by atoms with E-state index in [1.54, 1.807) is 22.7 Å². The number of hydrogen-bond acceptors (Lipinski definition) is 8. The van der Waals surface area contributed by atoms with Crippen LogP contribution in [0.15, 0.2) is 179 Å². The maximum atomic E-state index is 9.99. The molecule has 2 aliphatic rings. The first-order valence-corrected chi connectivity index (χ1v) is 18.8. The highest BCUT2D eigenvalue weighted by Crippen LogP contribution is 2.45. The van der Waals surface area contributed by atoms with Crippen LogP contribution < -0.4 is 10.6 Å². The van der Waals surface area contributed by atoms with Gasteiger partial charge in [0.05, 0.1) is 81.2 Å². The van der Waals surface area contributed by atoms with Gasteiger partial charge in [0, 0.05) is 9.75 Å². The quantitative estimate of drug-likeness (QED) is 0.176. The standard InChI is InChI=1S/2C23H15N3S/c2*24-14-18-21(20-12-7-13-27-20)19(15-25)23(17-10-5-2-6-11-17)26-22(18)16-8-3-1-4-9-16/h2*1-13,21,26H. The Labute approximate surface area is 322 Å². The molecule has 6 aromatic rings. The molecule has 0 aliphatic carbocycles. The van der Waals surface area contributed by atoms with Gasteiger partial charge < -0.3 is 10.6 Å². The Morgan fingerprint density at radius 3 is 0.815 bits per heavy atom. The predicted molar refractivity (Wildman–Crippen MR) is 216 cm³/mol. The number of nitrogens with zero attached hydrogens (tertiary/aromatic N) is 4. The molecule has 2 N–H and O–H groups in total. The third-order valence-corrected chi connectivity index (χ3v) is 11.0. The summed E-state index contributed by atoms with van der Waals surface area (Å²) in [6.07, 6.45) is 0. The van der Waals surface area contributed by atoms with Gasteiger partial charge in [0.15, 0.2) is 0 Å². The van der Waals surface area contributed by atoms with Crippen LogP contribution in [0, 0.1) is 45.3 Å². The maximum absolute atomic E-state index is 9.99. The van der Waals surface area contributed by atoms with E-state index in [4.69, 9.17) is 0 Å². The van der Waals surface area contributed by atoms with Gasteiger partial charge in [-0.05, 0) is 45.1 Å². The molecule has 0 radical (unpaired) electrons. The van der Waals surface area contributed by atoms with Crippen LogP contribution in [0.3, 0.4) is 0 Å². The number of allylic oxidation sites excluding steroid dienone is 4. The van der Waals surface area contributed by atoms with E-state index in [0.717, 1.165) is 54.8 Å². The van der Waals surface area contributed by atoms with E-state index in [-0.39, 0.29) is 11.8 Å². The van der Waals surface area contributed by atoms with Crippen LogP contribution in [-0.2, 0) is 0 Å². The molecule has 0 fully saturated rings. The minimum atomic E-state index is -0.369. The molecule has 0 unspecified atom stereocenters. The molecule has 256 valence electrons. The van der Waals surface area contributed by atoms with Gasteiger partial charge in [-0.2, -0.15) is 21.0 Å². The third-order valence-electron chi connectivity index (χ3n) is 9.12. The fraction of sp³-hybridized carbons (Fsp3) is 0.0435. The van der Waals surface area contributed by atoms with Gasteiger partial charge in [-0.15, -0.1) is 22.7 Å². The average molecular weight is 731 g/mol. The van der Waals surface area contributed by atoms with Crippen molar-refractivity contribution in [3.8, 4) is 24.3 Å². The van der Waals surface area contributed by atoms with Crippen LogP contribution in [0.4, 0.5) is 0 Å². The number of nitrogens with one attached hydrogen (secondary N) is 2. The van der Waals surface area contributed by atoms with E-state index in [0.29, 0.717) is 22.3 Å². The normalized spacial score (nSPS) is 14.4. The molecule has 0 amide bonds. The third kappa shape index (κ3) is 7.00. The Balaban J connectivity index is 0.000000167. The highest BCUT2D eigenvalue weighted by molar-refractivity contribution is 7.10. The van der Waals surface area contributed by atoms with Crippen LogP contribution in [-0.4, -0.2) is 0 Å². The van der Waals surface area contributed by atoms with Crippen LogP contribution in [0.5, 0.6) is 0 Å². The summed E-state index contributed by atoms with van der Waals surface area (Å²) in [4.78, 5) is 1.98. The van der Waals surface area contributed by atoms with Crippen molar-refractivity contribution >= 4 is 45.5 Å². The van der Waals surface area contributed by atoms with Gasteiger partial charge in [-0.1, -0.05) is 133 Å². The largest absolute Gasteiger partial charge is 0.353 e. The minimum Gasteiger partial charge on any atom is -0.353 e. The second-order valence-electron chi connectivity index (χ2n) is 12.2. The van der Waals surface area contributed by atoms with Crippen molar-refractivity contribution in [3.63, 3.8) is 0 Å². The van der Waals surface area contributed by atoms with Crippen molar-refractivity contribution in [1.82, 2.24) is 10.6 Å². The van der Waals surface area contributed by atoms with Crippen LogP contribution >= 0.6 is 22.7 Å². The SMILES string of the molecule is N#CC1=C(c2ccccc2)NC(c2ccccc2)=C(C#N)C1c1cccs1.N#CC1=C(c2ccccc2)NC(c2ccccc2)=C(C#N)C1c1cccs1. The number of nitriles is 4. The molecular weight excluding hydrogens is 701 g/mol. The Morgan fingerprint density at radius 2 is 0.611 bits per heavy atom. The molecule has 8 rings (SSSR count). The van der Waals surface area contributed by atoms with Crippen molar-refractivity contribution in [1.29, 1.82) is 21.0 Å². The second kappa shape index (κ2) is 16.4. The average Bonchev–Trinajstić information content (AvgIpc) is 4.00. The Hall–Kier alpha value is -7.20. The predicted octanol–water partition coefficient (Wildman–Crippen LogP) is 10.6. The number of dihydropyridines is 2. The summed E-state index contributed by atoms with van der Waals surface area (Å²) in [6.45, 7) is 0. The number of hydrogen-bond donors (Lipinski definition) is 2. The summed E-state index contributed by atoms with van der Waals surface area (Å²) in [6, 6.07) is 56.6. The minimum absolute atomic E-state index is 0.369. The molecule has 8 heteroatoms. The van der Waals surface area contributed by atoms with Crippen molar-refractivity contribution < 1.29 is 0 Å². The first-order valence-electron chi connectivity index (χ1n) is 17.1. The van der Waals surface area contributed by atoms with Crippen LogP contribution in [0.1, 0.15) is 43.8 Å². The summed E-state index contributed by atoms with van der Waals surface area (Å²) in [5, 5.41) is 50.7. The van der Waals surface area contributed by atoms with E-state index >= 15 is 0 Å². The van der Waals surface area contributed by atoms with Gasteiger partial charge in [0.2, 0.25) is 0 Å². The number of rotatable bonds is 6. The van der Waals surface area contributed by atoms with Gasteiger partial charge >= 0.3 is 0 Å². The second-order valence-corrected chi connectivity index (χ2v) is 14.2. The van der Waals surface area contributed by atoms with E-state index in [1.165, 1.54) is 0 Å². The number of thiophene rings is 2. The number of benzene rings is 4. The monoisotopic (exact) mass is 730 g/mol. The summed E-state index contributed by atoms with van der Waals surface area (Å²) in [5.41, 5.74) is 9.04. The Morgan fingerprint density at radius 1 is 0.352 bits per heavy atom. The first kappa shape index (κ1) is 35.2. The molecule has 0 saturated heterocycles. The van der Waals surface area contributed by atoms with Crippen molar-refractivity contribution in [2.75, 3.05) is 0 Å². The highest BCUT2D eigenvalue weighted by Gasteiger charge is 2.35. The molecule has 54 heavy (non-hydrogen) atoms. The molecular formula is C46H30N6S2. The van der Waals surface area contributed by atoms with Crippen molar-refractivity contribution in [2.45, 2.75) is 11.8 Å². The lowest BCUT2D eigenvalue weighted by molar-refractivity contribution is 0.957. The summed E-state index contributed by atoms with van der Waals surface area (Å²) in [5.74, 6) is -0.738. The van der Waals surface area contributed by atoms with E-state index < -0.39 is 0 Å². The smallest absolute Gasteiger partial charge is 0.0979 e. The van der Waals surface area contributed by atoms with Crippen molar-refractivity contribution in [2.24, 2.45) is 0 Å². The van der Waals surface area contributed by atoms with Gasteiger partial charge in [0.1, 0.15) is 0 Å². The zero-order chi connectivity index (χ0) is 37.3. The van der Waals surface area contributed by atoms with Crippen LogP contribution in [0.25, 0.3) is 22.8 Å². The molecule has 2 aliphatic heterocycles. The fourth-order valence-electron chi connectivity index (χ4n) is 6.68. The van der Waals surface area contributed by atoms with Gasteiger partial charge in [-0.3, -0.25) is 0 Å². The molecule has 4 heterocycles. The first-order chi connectivity index (χ1) is 26.7. The Kier molecular flexibility index (Phi) is 10.7. The summed E-state index contributed by atoms with van der Waals surface area (Å²) < 4.78 is 0. The maximum Gasteiger partial charge on any atom is 0.0979 e. The lowest BCUT2D eigenvalue weighted by Crippen LogP contribution is -2.24. The molecule has 4 aromatic carbocycles. The lowest BCUT2D eigenvalue weighted by Gasteiger charge is -2.28. The molecule has 6 nitrogen and oxygen atoms in total. The lowest BCUT2D eigenvalue weighted by atomic mass is 9.82. The van der Waals surface area contributed by atoms with E-state index in [2.05, 4.69) is 34.9 Å². The molecule has 2 aromatic heterocycles. The molecule has 0 saturated carbocycles. The van der Waals surface area contributed by atoms with Crippen molar-refractivity contribution in [3.05, 3.63) is 211 Å². The highest BCUT2D eigenvalue weighted by atomic mass is 32.1. The van der Waals surface area contributed by atoms with Crippen LogP contribution in [0.2, 0.25) is 0 Å². The van der Waals surface area contributed by atoms with E-state index in [9.17, 15) is 21.0 Å². The summed E-state index contributed by atoms with van der Waals surface area (Å²) >= 11 is 3.13.